The van der Waals surface area contributed by atoms with Gasteiger partial charge in [-0.2, -0.15) is 31.4 Å². The molecule has 30 heavy (non-hydrogen) atoms. The molecule has 1 heterocycles. The zero-order valence-electron chi connectivity index (χ0n) is 15.3. The van der Waals surface area contributed by atoms with Crippen molar-refractivity contribution in [2.45, 2.75) is 41.4 Å². The van der Waals surface area contributed by atoms with Crippen LogP contribution in [0.15, 0.2) is 35.2 Å². The highest BCUT2D eigenvalue weighted by molar-refractivity contribution is 7.92. The summed E-state index contributed by atoms with van der Waals surface area (Å²) in [7, 11) is -2.90. The second kappa shape index (κ2) is 7.29. The maximum Gasteiger partial charge on any atom is 0.435 e. The predicted octanol–water partition coefficient (Wildman–Crippen LogP) is 3.19. The van der Waals surface area contributed by atoms with Crippen molar-refractivity contribution in [3.63, 3.8) is 0 Å². The number of nitrogens with zero attached hydrogens (tertiary/aromatic N) is 2. The molecule has 0 atom stereocenters. The third kappa shape index (κ3) is 4.30. The number of hydrogen-bond acceptors (Lipinski definition) is 4. The van der Waals surface area contributed by atoms with Crippen LogP contribution in [0.25, 0.3) is 0 Å². The van der Waals surface area contributed by atoms with E-state index < -0.39 is 55.5 Å². The molecule has 1 amide bonds. The average molecular weight is 455 g/mol. The topological polar surface area (TPSA) is 81.1 Å². The van der Waals surface area contributed by atoms with E-state index in [1.54, 1.807) is 0 Å². The van der Waals surface area contributed by atoms with Crippen LogP contribution in [0.2, 0.25) is 0 Å². The van der Waals surface area contributed by atoms with Gasteiger partial charge in [-0.25, -0.2) is 8.42 Å². The Morgan fingerprint density at radius 1 is 1.10 bits per heavy atom. The number of nitrogens with one attached hydrogen (secondary N) is 1. The first-order valence-corrected chi connectivity index (χ1v) is 10.1. The Labute approximate surface area is 166 Å². The minimum Gasteiger partial charge on any atom is -0.348 e. The number of amides is 1. The van der Waals surface area contributed by atoms with Crippen LogP contribution in [-0.2, 0) is 29.2 Å². The molecular formula is C17H15F6N3O3S. The molecule has 0 radical (unpaired) electrons. The van der Waals surface area contributed by atoms with Gasteiger partial charge in [0.25, 0.3) is 5.91 Å². The summed E-state index contributed by atoms with van der Waals surface area (Å²) < 4.78 is 102. The Bertz CT molecular complexity index is 1070. The van der Waals surface area contributed by atoms with E-state index >= 15 is 0 Å². The monoisotopic (exact) mass is 455 g/mol. The zero-order valence-corrected chi connectivity index (χ0v) is 16.1. The summed E-state index contributed by atoms with van der Waals surface area (Å²) in [5, 5.41) is 4.62. The Morgan fingerprint density at radius 2 is 1.73 bits per heavy atom. The number of alkyl halides is 6. The summed E-state index contributed by atoms with van der Waals surface area (Å²) in [6.45, 7) is 0. The van der Waals surface area contributed by atoms with Crippen LogP contribution in [0.3, 0.4) is 0 Å². The van der Waals surface area contributed by atoms with Crippen molar-refractivity contribution in [3.8, 4) is 0 Å². The molecule has 13 heteroatoms. The summed E-state index contributed by atoms with van der Waals surface area (Å²) in [5.74, 6) is -0.861. The van der Waals surface area contributed by atoms with E-state index in [0.29, 0.717) is 12.1 Å². The average Bonchev–Trinajstić information content (AvgIpc) is 2.99. The summed E-state index contributed by atoms with van der Waals surface area (Å²) in [6, 6.07) is 3.29. The third-order valence-electron chi connectivity index (χ3n) is 4.76. The molecule has 2 aromatic rings. The van der Waals surface area contributed by atoms with Crippen molar-refractivity contribution in [2.75, 3.05) is 0 Å². The van der Waals surface area contributed by atoms with Crippen LogP contribution in [0.1, 0.15) is 34.6 Å². The van der Waals surface area contributed by atoms with Gasteiger partial charge in [-0.1, -0.05) is 6.07 Å². The van der Waals surface area contributed by atoms with Crippen LogP contribution < -0.4 is 5.32 Å². The molecule has 0 unspecified atom stereocenters. The normalized spacial score (nSPS) is 20.0. The van der Waals surface area contributed by atoms with Crippen LogP contribution >= 0.6 is 0 Å². The number of halogens is 6. The summed E-state index contributed by atoms with van der Waals surface area (Å²) in [4.78, 5) is 11.7. The molecule has 1 fully saturated rings. The number of aryl methyl sites for hydroxylation is 1. The lowest BCUT2D eigenvalue weighted by molar-refractivity contribution is -0.141. The molecule has 164 valence electrons. The lowest BCUT2D eigenvalue weighted by Gasteiger charge is -2.35. The number of sulfone groups is 1. The van der Waals surface area contributed by atoms with Crippen molar-refractivity contribution < 1.29 is 39.6 Å². The smallest absolute Gasteiger partial charge is 0.348 e. The Balaban J connectivity index is 1.66. The van der Waals surface area contributed by atoms with E-state index in [2.05, 4.69) is 10.4 Å². The van der Waals surface area contributed by atoms with Crippen molar-refractivity contribution in [1.29, 1.82) is 0 Å². The van der Waals surface area contributed by atoms with Gasteiger partial charge in [0.1, 0.15) is 5.69 Å². The fraction of sp³-hybridized carbons (Fsp3) is 0.412. The van der Waals surface area contributed by atoms with E-state index in [1.165, 1.54) is 0 Å². The minimum absolute atomic E-state index is 0.0751. The first-order valence-electron chi connectivity index (χ1n) is 8.53. The molecule has 1 aromatic carbocycles. The predicted molar refractivity (Wildman–Crippen MR) is 91.1 cm³/mol. The fourth-order valence-electron chi connectivity index (χ4n) is 3.06. The molecule has 0 spiro atoms. The van der Waals surface area contributed by atoms with Gasteiger partial charge in [-0.15, -0.1) is 0 Å². The number of rotatable bonds is 4. The highest BCUT2D eigenvalue weighted by atomic mass is 32.2. The first kappa shape index (κ1) is 22.1. The van der Waals surface area contributed by atoms with Gasteiger partial charge in [0.2, 0.25) is 0 Å². The van der Waals surface area contributed by atoms with E-state index in [1.807, 2.05) is 0 Å². The fourth-order valence-corrected chi connectivity index (χ4v) is 4.97. The molecule has 1 aliphatic rings. The van der Waals surface area contributed by atoms with Gasteiger partial charge in [-0.3, -0.25) is 9.48 Å². The SMILES string of the molecule is Cn1nc(C(F)(F)F)cc1C(=O)NC1CC(S(=O)(=O)c2cccc(C(F)(F)F)c2)C1. The molecule has 1 aliphatic carbocycles. The molecule has 1 aromatic heterocycles. The maximum absolute atomic E-state index is 12.8. The summed E-state index contributed by atoms with van der Waals surface area (Å²) in [5.41, 5.74) is -2.69. The lowest BCUT2D eigenvalue weighted by atomic mass is 9.92. The molecule has 0 aliphatic heterocycles. The van der Waals surface area contributed by atoms with Gasteiger partial charge in [0.15, 0.2) is 15.5 Å². The van der Waals surface area contributed by atoms with Crippen LogP contribution in [0.4, 0.5) is 26.3 Å². The second-order valence-electron chi connectivity index (χ2n) is 6.87. The van der Waals surface area contributed by atoms with E-state index in [9.17, 15) is 39.6 Å². The second-order valence-corrected chi connectivity index (χ2v) is 9.10. The van der Waals surface area contributed by atoms with E-state index in [4.69, 9.17) is 0 Å². The van der Waals surface area contributed by atoms with Crippen LogP contribution in [0.5, 0.6) is 0 Å². The molecule has 0 bridgehead atoms. The number of benzene rings is 1. The number of carbonyl (C=O) groups is 1. The molecule has 0 saturated heterocycles. The number of carbonyl (C=O) groups excluding carboxylic acids is 1. The van der Waals surface area contributed by atoms with Gasteiger partial charge < -0.3 is 5.32 Å². The molecule has 1 saturated carbocycles. The first-order chi connectivity index (χ1) is 13.7. The molecular weight excluding hydrogens is 440 g/mol. The standard InChI is InChI=1S/C17H15F6N3O3S/c1-26-13(8-14(25-26)17(21,22)23)15(27)24-10-6-12(7-10)30(28,29)11-4-2-3-9(5-11)16(18,19)20/h2-5,8,10,12H,6-7H2,1H3,(H,24,27). The highest BCUT2D eigenvalue weighted by Crippen LogP contribution is 2.35. The Hall–Kier alpha value is -2.57. The van der Waals surface area contributed by atoms with Gasteiger partial charge in [0, 0.05) is 19.2 Å². The van der Waals surface area contributed by atoms with Crippen molar-refractivity contribution in [2.24, 2.45) is 7.05 Å². The third-order valence-corrected chi connectivity index (χ3v) is 6.94. The quantitative estimate of drug-likeness (QED) is 0.719. The molecule has 1 N–H and O–H groups in total. The largest absolute Gasteiger partial charge is 0.435 e. The number of hydrogen-bond donors (Lipinski definition) is 1. The summed E-state index contributed by atoms with van der Waals surface area (Å²) in [6.07, 6.45) is -9.57. The van der Waals surface area contributed by atoms with E-state index in [-0.39, 0.29) is 18.5 Å². The van der Waals surface area contributed by atoms with Crippen molar-refractivity contribution in [3.05, 3.63) is 47.3 Å². The van der Waals surface area contributed by atoms with Crippen LogP contribution in [-0.4, -0.2) is 35.4 Å². The van der Waals surface area contributed by atoms with Gasteiger partial charge >= 0.3 is 12.4 Å². The van der Waals surface area contributed by atoms with Crippen molar-refractivity contribution in [1.82, 2.24) is 15.1 Å². The highest BCUT2D eigenvalue weighted by Gasteiger charge is 2.42. The van der Waals surface area contributed by atoms with E-state index in [0.717, 1.165) is 29.9 Å². The lowest BCUT2D eigenvalue weighted by Crippen LogP contribution is -2.50. The maximum atomic E-state index is 12.8. The molecule has 6 nitrogen and oxygen atoms in total. The van der Waals surface area contributed by atoms with Crippen molar-refractivity contribution >= 4 is 15.7 Å². The Kier molecular flexibility index (Phi) is 5.37. The number of aromatic nitrogens is 2. The zero-order chi connectivity index (χ0) is 22.5. The van der Waals surface area contributed by atoms with Crippen LogP contribution in [0, 0.1) is 0 Å². The van der Waals surface area contributed by atoms with Gasteiger partial charge in [0.05, 0.1) is 15.7 Å². The van der Waals surface area contributed by atoms with Gasteiger partial charge in [-0.05, 0) is 31.0 Å². The Morgan fingerprint density at radius 3 is 2.27 bits per heavy atom. The molecule has 3 rings (SSSR count). The minimum atomic E-state index is -4.73. The summed E-state index contributed by atoms with van der Waals surface area (Å²) >= 11 is 0.